The monoisotopic (exact) mass is 461 g/mol. The summed E-state index contributed by atoms with van der Waals surface area (Å²) in [5.74, 6) is -1.14. The van der Waals surface area contributed by atoms with Gasteiger partial charge < -0.3 is 16.0 Å². The average molecular weight is 462 g/mol. The van der Waals surface area contributed by atoms with Crippen LogP contribution in [-0.4, -0.2) is 58.6 Å². The second kappa shape index (κ2) is 10.1. The summed E-state index contributed by atoms with van der Waals surface area (Å²) in [4.78, 5) is 20.7. The van der Waals surface area contributed by atoms with E-state index in [2.05, 4.69) is 15.2 Å². The average Bonchev–Trinajstić information content (AvgIpc) is 2.80. The molecule has 0 atom stereocenters. The van der Waals surface area contributed by atoms with Crippen LogP contribution in [0.2, 0.25) is 0 Å². The molecule has 2 aliphatic rings. The van der Waals surface area contributed by atoms with Gasteiger partial charge in [-0.2, -0.15) is 0 Å². The molecule has 0 saturated carbocycles. The molecule has 6 nitrogen and oxygen atoms in total. The van der Waals surface area contributed by atoms with Crippen molar-refractivity contribution >= 4 is 11.7 Å². The molecule has 1 aromatic heterocycles. The SMILES string of the molecule is Nc1cc(CN2CCC(F)(C(=O)N3CCC(NCc4ccc(F)cc4F)CC3)CC2)ccn1. The zero-order valence-electron chi connectivity index (χ0n) is 18.6. The number of carbonyl (C=O) groups excluding carboxylic acids is 1. The van der Waals surface area contributed by atoms with Gasteiger partial charge in [0.05, 0.1) is 0 Å². The van der Waals surface area contributed by atoms with Crippen molar-refractivity contribution in [2.24, 2.45) is 0 Å². The zero-order chi connectivity index (χ0) is 23.4. The number of nitrogens with two attached hydrogens (primary N) is 1. The van der Waals surface area contributed by atoms with E-state index in [1.165, 1.54) is 12.1 Å². The second-order valence-electron chi connectivity index (χ2n) is 9.01. The smallest absolute Gasteiger partial charge is 0.260 e. The zero-order valence-corrected chi connectivity index (χ0v) is 18.6. The van der Waals surface area contributed by atoms with Gasteiger partial charge in [-0.1, -0.05) is 6.07 Å². The minimum atomic E-state index is -1.83. The number of rotatable bonds is 6. The Labute approximate surface area is 192 Å². The van der Waals surface area contributed by atoms with Gasteiger partial charge in [-0.25, -0.2) is 18.2 Å². The molecular weight excluding hydrogens is 431 g/mol. The summed E-state index contributed by atoms with van der Waals surface area (Å²) in [5.41, 5.74) is 5.32. The van der Waals surface area contributed by atoms with Crippen LogP contribution in [0.15, 0.2) is 36.5 Å². The van der Waals surface area contributed by atoms with Gasteiger partial charge in [-0.15, -0.1) is 0 Å². The molecule has 1 aromatic carbocycles. The number of nitrogens with one attached hydrogen (secondary N) is 1. The number of hydrogen-bond acceptors (Lipinski definition) is 5. The third kappa shape index (κ3) is 5.83. The summed E-state index contributed by atoms with van der Waals surface area (Å²) < 4.78 is 42.4. The van der Waals surface area contributed by atoms with Crippen LogP contribution < -0.4 is 11.1 Å². The Morgan fingerprint density at radius 2 is 1.85 bits per heavy atom. The lowest BCUT2D eigenvalue weighted by molar-refractivity contribution is -0.148. The molecule has 1 amide bonds. The molecule has 0 bridgehead atoms. The van der Waals surface area contributed by atoms with E-state index in [9.17, 15) is 13.6 Å². The fourth-order valence-corrected chi connectivity index (χ4v) is 4.62. The van der Waals surface area contributed by atoms with Gasteiger partial charge in [-0.3, -0.25) is 9.69 Å². The lowest BCUT2D eigenvalue weighted by atomic mass is 9.90. The van der Waals surface area contributed by atoms with Crippen LogP contribution in [0.25, 0.3) is 0 Å². The normalized spacial score (nSPS) is 19.5. The third-order valence-electron chi connectivity index (χ3n) is 6.66. The highest BCUT2D eigenvalue weighted by Gasteiger charge is 2.44. The molecule has 0 radical (unpaired) electrons. The maximum Gasteiger partial charge on any atom is 0.260 e. The molecule has 0 aliphatic carbocycles. The number of halogens is 3. The molecule has 178 valence electrons. The van der Waals surface area contributed by atoms with Crippen LogP contribution in [0.1, 0.15) is 36.8 Å². The third-order valence-corrected chi connectivity index (χ3v) is 6.66. The number of alkyl halides is 1. The van der Waals surface area contributed by atoms with E-state index < -0.39 is 23.2 Å². The Kier molecular flexibility index (Phi) is 7.19. The fourth-order valence-electron chi connectivity index (χ4n) is 4.62. The van der Waals surface area contributed by atoms with Crippen molar-refractivity contribution in [2.75, 3.05) is 31.9 Å². The standard InChI is InChI=1S/C24H30F3N5O/c25-19-2-1-18(21(26)14-19)15-30-20-4-9-32(10-5-20)23(33)24(27)6-11-31(12-7-24)16-17-3-8-29-22(28)13-17/h1-3,8,13-14,20,30H,4-7,9-12,15-16H2,(H2,28,29). The highest BCUT2D eigenvalue weighted by molar-refractivity contribution is 5.85. The van der Waals surface area contributed by atoms with E-state index in [1.807, 2.05) is 12.1 Å². The summed E-state index contributed by atoms with van der Waals surface area (Å²) in [7, 11) is 0. The van der Waals surface area contributed by atoms with Crippen molar-refractivity contribution < 1.29 is 18.0 Å². The molecular formula is C24H30F3N5O. The van der Waals surface area contributed by atoms with Gasteiger partial charge in [-0.05, 0) is 36.6 Å². The van der Waals surface area contributed by atoms with Gasteiger partial charge in [0.2, 0.25) is 0 Å². The predicted molar refractivity (Wildman–Crippen MR) is 120 cm³/mol. The molecule has 2 aliphatic heterocycles. The van der Waals surface area contributed by atoms with Crippen LogP contribution in [0.3, 0.4) is 0 Å². The van der Waals surface area contributed by atoms with Crippen molar-refractivity contribution in [3.63, 3.8) is 0 Å². The van der Waals surface area contributed by atoms with E-state index in [-0.39, 0.29) is 25.4 Å². The number of nitrogens with zero attached hydrogens (tertiary/aromatic N) is 3. The highest BCUT2D eigenvalue weighted by atomic mass is 19.1. The van der Waals surface area contributed by atoms with Crippen molar-refractivity contribution in [3.8, 4) is 0 Å². The number of hydrogen-bond donors (Lipinski definition) is 2. The maximum absolute atomic E-state index is 15.5. The van der Waals surface area contributed by atoms with Gasteiger partial charge in [0.1, 0.15) is 17.5 Å². The minimum absolute atomic E-state index is 0.101. The number of nitrogen functional groups attached to an aromatic ring is 1. The van der Waals surface area contributed by atoms with Crippen LogP contribution in [0, 0.1) is 11.6 Å². The molecule has 3 heterocycles. The van der Waals surface area contributed by atoms with E-state index >= 15 is 4.39 Å². The predicted octanol–water partition coefficient (Wildman–Crippen LogP) is 3.03. The lowest BCUT2D eigenvalue weighted by Crippen LogP contribution is -2.55. The van der Waals surface area contributed by atoms with Crippen LogP contribution in [-0.2, 0) is 17.9 Å². The number of amides is 1. The summed E-state index contributed by atoms with van der Waals surface area (Å²) in [5, 5.41) is 3.27. The Morgan fingerprint density at radius 1 is 1.12 bits per heavy atom. The first-order chi connectivity index (χ1) is 15.8. The first-order valence-electron chi connectivity index (χ1n) is 11.4. The first-order valence-corrected chi connectivity index (χ1v) is 11.4. The quantitative estimate of drug-likeness (QED) is 0.692. The maximum atomic E-state index is 15.5. The van der Waals surface area contributed by atoms with E-state index in [0.717, 1.165) is 11.6 Å². The molecule has 2 fully saturated rings. The van der Waals surface area contributed by atoms with Gasteiger partial charge in [0, 0.05) is 76.0 Å². The molecule has 4 rings (SSSR count). The van der Waals surface area contributed by atoms with Crippen LogP contribution >= 0.6 is 0 Å². The summed E-state index contributed by atoms with van der Waals surface area (Å²) in [6.45, 7) is 2.89. The fraction of sp³-hybridized carbons (Fsp3) is 0.500. The number of piperidine rings is 2. The molecule has 2 saturated heterocycles. The highest BCUT2D eigenvalue weighted by Crippen LogP contribution is 2.31. The molecule has 0 spiro atoms. The van der Waals surface area contributed by atoms with E-state index in [1.54, 1.807) is 11.1 Å². The van der Waals surface area contributed by atoms with Crippen molar-refractivity contribution in [2.45, 2.75) is 50.5 Å². The number of aromatic nitrogens is 1. The molecule has 9 heteroatoms. The number of carbonyl (C=O) groups is 1. The van der Waals surface area contributed by atoms with Crippen LogP contribution in [0.4, 0.5) is 19.0 Å². The number of benzene rings is 1. The Bertz CT molecular complexity index is 972. The van der Waals surface area contributed by atoms with E-state index in [4.69, 9.17) is 5.73 Å². The summed E-state index contributed by atoms with van der Waals surface area (Å²) in [6, 6.07) is 7.34. The Balaban J connectivity index is 1.23. The van der Waals surface area contributed by atoms with Gasteiger partial charge >= 0.3 is 0 Å². The summed E-state index contributed by atoms with van der Waals surface area (Å²) in [6.07, 6.45) is 3.34. The number of likely N-dealkylation sites (tertiary alicyclic amines) is 2. The summed E-state index contributed by atoms with van der Waals surface area (Å²) >= 11 is 0. The molecule has 2 aromatic rings. The number of anilines is 1. The molecule has 33 heavy (non-hydrogen) atoms. The van der Waals surface area contributed by atoms with Gasteiger partial charge in [0.15, 0.2) is 5.67 Å². The van der Waals surface area contributed by atoms with Crippen molar-refractivity contribution in [3.05, 3.63) is 59.3 Å². The Hall–Kier alpha value is -2.65. The van der Waals surface area contributed by atoms with Crippen molar-refractivity contribution in [1.82, 2.24) is 20.1 Å². The molecule has 3 N–H and O–H groups in total. The van der Waals surface area contributed by atoms with E-state index in [0.29, 0.717) is 56.9 Å². The van der Waals surface area contributed by atoms with Crippen molar-refractivity contribution in [1.29, 1.82) is 0 Å². The first kappa shape index (κ1) is 23.5. The largest absolute Gasteiger partial charge is 0.384 e. The van der Waals surface area contributed by atoms with Crippen LogP contribution in [0.5, 0.6) is 0 Å². The Morgan fingerprint density at radius 3 is 2.52 bits per heavy atom. The minimum Gasteiger partial charge on any atom is -0.384 e. The van der Waals surface area contributed by atoms with Gasteiger partial charge in [0.25, 0.3) is 5.91 Å². The topological polar surface area (TPSA) is 74.5 Å². The second-order valence-corrected chi connectivity index (χ2v) is 9.01. The number of pyridine rings is 1. The lowest BCUT2D eigenvalue weighted by Gasteiger charge is -2.40. The molecule has 0 unspecified atom stereocenters.